The number of nitrogens with one attached hydrogen (secondary N) is 2. The zero-order chi connectivity index (χ0) is 14.2. The van der Waals surface area contributed by atoms with E-state index in [4.69, 9.17) is 11.6 Å². The van der Waals surface area contributed by atoms with Crippen molar-refractivity contribution in [2.75, 3.05) is 5.32 Å². The van der Waals surface area contributed by atoms with Gasteiger partial charge in [-0.3, -0.25) is 5.10 Å². The van der Waals surface area contributed by atoms with Crippen molar-refractivity contribution in [3.63, 3.8) is 0 Å². The topological polar surface area (TPSA) is 40.7 Å². The van der Waals surface area contributed by atoms with E-state index < -0.39 is 0 Å². The predicted molar refractivity (Wildman–Crippen MR) is 90.3 cm³/mol. The van der Waals surface area contributed by atoms with E-state index >= 15 is 0 Å². The molecule has 0 bridgehead atoms. The van der Waals surface area contributed by atoms with Crippen molar-refractivity contribution in [2.45, 2.75) is 6.54 Å². The highest BCUT2D eigenvalue weighted by Crippen LogP contribution is 2.35. The summed E-state index contributed by atoms with van der Waals surface area (Å²) in [6.45, 7) is 0.711. The number of aromatic nitrogens is 2. The lowest BCUT2D eigenvalue weighted by Gasteiger charge is -2.06. The molecule has 21 heavy (non-hydrogen) atoms. The van der Waals surface area contributed by atoms with Gasteiger partial charge in [-0.2, -0.15) is 5.10 Å². The molecular formula is C16H12ClN3S. The monoisotopic (exact) mass is 313 g/mol. The van der Waals surface area contributed by atoms with Gasteiger partial charge in [0.15, 0.2) is 0 Å². The van der Waals surface area contributed by atoms with Crippen molar-refractivity contribution >= 4 is 49.6 Å². The maximum absolute atomic E-state index is 6.47. The van der Waals surface area contributed by atoms with Crippen LogP contribution in [-0.4, -0.2) is 10.2 Å². The van der Waals surface area contributed by atoms with Gasteiger partial charge in [0, 0.05) is 26.0 Å². The number of benzene rings is 2. The molecule has 2 aromatic heterocycles. The molecule has 2 aromatic carbocycles. The average molecular weight is 314 g/mol. The fourth-order valence-corrected chi connectivity index (χ4v) is 3.92. The van der Waals surface area contributed by atoms with Crippen molar-refractivity contribution < 1.29 is 0 Å². The standard InChI is InChI=1S/C16H12ClN3S/c17-16-10-4-1-2-7-14(10)21-15(16)9-18-12-5-3-6-13-11(12)8-19-20-13/h1-8,18H,9H2,(H,19,20). The predicted octanol–water partition coefficient (Wildman–Crippen LogP) is 5.04. The zero-order valence-electron chi connectivity index (χ0n) is 11.1. The molecule has 0 atom stereocenters. The molecule has 0 spiro atoms. The Morgan fingerprint density at radius 3 is 2.90 bits per heavy atom. The zero-order valence-corrected chi connectivity index (χ0v) is 12.6. The second kappa shape index (κ2) is 5.06. The second-order valence-electron chi connectivity index (χ2n) is 4.83. The molecule has 0 amide bonds. The minimum absolute atomic E-state index is 0.711. The lowest BCUT2D eigenvalue weighted by molar-refractivity contribution is 1.12. The summed E-state index contributed by atoms with van der Waals surface area (Å²) in [5.74, 6) is 0. The van der Waals surface area contributed by atoms with E-state index in [2.05, 4.69) is 33.7 Å². The van der Waals surface area contributed by atoms with Crippen LogP contribution in [0.5, 0.6) is 0 Å². The van der Waals surface area contributed by atoms with Crippen LogP contribution >= 0.6 is 22.9 Å². The summed E-state index contributed by atoms with van der Waals surface area (Å²) in [5, 5.41) is 13.6. The molecule has 104 valence electrons. The molecule has 2 heterocycles. The molecule has 2 N–H and O–H groups in total. The van der Waals surface area contributed by atoms with Crippen LogP contribution in [0, 0.1) is 0 Å². The van der Waals surface area contributed by atoms with Crippen LogP contribution in [0.3, 0.4) is 0 Å². The summed E-state index contributed by atoms with van der Waals surface area (Å²) < 4.78 is 1.22. The smallest absolute Gasteiger partial charge is 0.0671 e. The fraction of sp³-hybridized carbons (Fsp3) is 0.0625. The third-order valence-corrected chi connectivity index (χ3v) is 5.24. The highest BCUT2D eigenvalue weighted by atomic mass is 35.5. The Morgan fingerprint density at radius 1 is 1.10 bits per heavy atom. The summed E-state index contributed by atoms with van der Waals surface area (Å²) >= 11 is 8.21. The Morgan fingerprint density at radius 2 is 2.00 bits per heavy atom. The fourth-order valence-electron chi connectivity index (χ4n) is 2.48. The normalized spacial score (nSPS) is 11.3. The van der Waals surface area contributed by atoms with Gasteiger partial charge in [0.2, 0.25) is 0 Å². The quantitative estimate of drug-likeness (QED) is 0.556. The molecule has 0 fully saturated rings. The molecule has 0 aliphatic rings. The molecule has 4 aromatic rings. The van der Waals surface area contributed by atoms with E-state index in [0.29, 0.717) is 6.54 Å². The van der Waals surface area contributed by atoms with Gasteiger partial charge in [0.1, 0.15) is 0 Å². The van der Waals surface area contributed by atoms with Gasteiger partial charge in [0.05, 0.1) is 23.3 Å². The molecule has 0 saturated carbocycles. The summed E-state index contributed by atoms with van der Waals surface area (Å²) in [6.07, 6.45) is 1.84. The first-order valence-corrected chi connectivity index (χ1v) is 7.84. The number of hydrogen-bond acceptors (Lipinski definition) is 3. The van der Waals surface area contributed by atoms with Crippen molar-refractivity contribution in [1.29, 1.82) is 0 Å². The SMILES string of the molecule is Clc1c(CNc2cccc3[nH]ncc23)sc2ccccc12. The Kier molecular flexibility index (Phi) is 3.05. The summed E-state index contributed by atoms with van der Waals surface area (Å²) in [6, 6.07) is 14.3. The number of rotatable bonds is 3. The number of H-pyrrole nitrogens is 1. The molecule has 0 unspecified atom stereocenters. The minimum atomic E-state index is 0.711. The van der Waals surface area contributed by atoms with Gasteiger partial charge in [0.25, 0.3) is 0 Å². The molecule has 0 radical (unpaired) electrons. The Balaban J connectivity index is 1.66. The van der Waals surface area contributed by atoms with Crippen molar-refractivity contribution in [3.8, 4) is 0 Å². The van der Waals surface area contributed by atoms with Crippen molar-refractivity contribution in [1.82, 2.24) is 10.2 Å². The summed E-state index contributed by atoms with van der Waals surface area (Å²) in [5.41, 5.74) is 2.09. The van der Waals surface area contributed by atoms with Crippen LogP contribution in [0.1, 0.15) is 4.88 Å². The Labute approximate surface area is 130 Å². The van der Waals surface area contributed by atoms with Gasteiger partial charge in [-0.15, -0.1) is 11.3 Å². The van der Waals surface area contributed by atoms with Crippen molar-refractivity contribution in [3.05, 3.63) is 58.6 Å². The van der Waals surface area contributed by atoms with Crippen LogP contribution in [0.2, 0.25) is 5.02 Å². The number of anilines is 1. The largest absolute Gasteiger partial charge is 0.379 e. The average Bonchev–Trinajstić information content (AvgIpc) is 3.11. The number of nitrogens with zero attached hydrogens (tertiary/aromatic N) is 1. The highest BCUT2D eigenvalue weighted by Gasteiger charge is 2.10. The first-order valence-electron chi connectivity index (χ1n) is 6.65. The van der Waals surface area contributed by atoms with Crippen LogP contribution in [0.15, 0.2) is 48.7 Å². The number of fused-ring (bicyclic) bond motifs is 2. The van der Waals surface area contributed by atoms with Gasteiger partial charge in [-0.25, -0.2) is 0 Å². The van der Waals surface area contributed by atoms with Crippen molar-refractivity contribution in [2.24, 2.45) is 0 Å². The lowest BCUT2D eigenvalue weighted by Crippen LogP contribution is -1.98. The van der Waals surface area contributed by atoms with Gasteiger partial charge >= 0.3 is 0 Å². The second-order valence-corrected chi connectivity index (χ2v) is 6.34. The van der Waals surface area contributed by atoms with Crippen LogP contribution in [0.4, 0.5) is 5.69 Å². The molecule has 4 rings (SSSR count). The third-order valence-electron chi connectivity index (χ3n) is 3.53. The van der Waals surface area contributed by atoms with E-state index in [0.717, 1.165) is 31.9 Å². The molecule has 0 saturated heterocycles. The number of aromatic amines is 1. The number of hydrogen-bond donors (Lipinski definition) is 2. The van der Waals surface area contributed by atoms with Gasteiger partial charge in [-0.05, 0) is 18.2 Å². The molecular weight excluding hydrogens is 302 g/mol. The van der Waals surface area contributed by atoms with E-state index in [9.17, 15) is 0 Å². The molecule has 3 nitrogen and oxygen atoms in total. The molecule has 5 heteroatoms. The number of halogens is 1. The third kappa shape index (κ3) is 2.17. The van der Waals surface area contributed by atoms with Crippen LogP contribution < -0.4 is 5.32 Å². The maximum atomic E-state index is 6.47. The van der Waals surface area contributed by atoms with Gasteiger partial charge < -0.3 is 5.32 Å². The van der Waals surface area contributed by atoms with E-state index in [1.165, 1.54) is 4.70 Å². The first kappa shape index (κ1) is 12.7. The Hall–Kier alpha value is -2.04. The minimum Gasteiger partial charge on any atom is -0.379 e. The Bertz CT molecular complexity index is 925. The van der Waals surface area contributed by atoms with Crippen LogP contribution in [0.25, 0.3) is 21.0 Å². The summed E-state index contributed by atoms with van der Waals surface area (Å²) in [7, 11) is 0. The van der Waals surface area contributed by atoms with Gasteiger partial charge in [-0.1, -0.05) is 35.9 Å². The lowest BCUT2D eigenvalue weighted by atomic mass is 10.2. The number of thiophene rings is 1. The van der Waals surface area contributed by atoms with E-state index in [1.807, 2.05) is 30.5 Å². The highest BCUT2D eigenvalue weighted by molar-refractivity contribution is 7.19. The maximum Gasteiger partial charge on any atom is 0.0671 e. The first-order chi connectivity index (χ1) is 10.3. The molecule has 0 aliphatic heterocycles. The van der Waals surface area contributed by atoms with E-state index in [1.54, 1.807) is 11.3 Å². The summed E-state index contributed by atoms with van der Waals surface area (Å²) in [4.78, 5) is 1.15. The molecule has 0 aliphatic carbocycles. The van der Waals surface area contributed by atoms with Crippen LogP contribution in [-0.2, 0) is 6.54 Å². The van der Waals surface area contributed by atoms with E-state index in [-0.39, 0.29) is 0 Å².